The summed E-state index contributed by atoms with van der Waals surface area (Å²) >= 11 is 0. The SMILES string of the molecule is COc1ccc(C(C)(C)NC(=O)C2CCCO2)cc1OC. The van der Waals surface area contributed by atoms with Crippen LogP contribution in [0, 0.1) is 0 Å². The van der Waals surface area contributed by atoms with Crippen LogP contribution in [0.15, 0.2) is 18.2 Å². The van der Waals surface area contributed by atoms with E-state index in [-0.39, 0.29) is 12.0 Å². The van der Waals surface area contributed by atoms with Crippen LogP contribution < -0.4 is 14.8 Å². The molecule has 1 aromatic carbocycles. The fraction of sp³-hybridized carbons (Fsp3) is 0.562. The largest absolute Gasteiger partial charge is 0.493 e. The maximum atomic E-state index is 12.2. The van der Waals surface area contributed by atoms with E-state index in [1.807, 2.05) is 32.0 Å². The average Bonchev–Trinajstić information content (AvgIpc) is 3.00. The normalized spacial score (nSPS) is 18.4. The van der Waals surface area contributed by atoms with Crippen molar-refractivity contribution in [3.8, 4) is 11.5 Å². The molecule has 5 heteroatoms. The number of amides is 1. The molecule has 1 atom stereocenters. The molecule has 0 spiro atoms. The molecule has 2 rings (SSSR count). The van der Waals surface area contributed by atoms with Gasteiger partial charge in [-0.1, -0.05) is 6.07 Å². The lowest BCUT2D eigenvalue weighted by Gasteiger charge is -2.29. The monoisotopic (exact) mass is 293 g/mol. The van der Waals surface area contributed by atoms with Crippen LogP contribution in [-0.4, -0.2) is 32.8 Å². The zero-order valence-corrected chi connectivity index (χ0v) is 13.1. The van der Waals surface area contributed by atoms with Gasteiger partial charge in [-0.3, -0.25) is 4.79 Å². The molecule has 1 aliphatic heterocycles. The fourth-order valence-electron chi connectivity index (χ4n) is 2.47. The molecule has 1 saturated heterocycles. The minimum Gasteiger partial charge on any atom is -0.493 e. The van der Waals surface area contributed by atoms with E-state index in [1.165, 1.54) is 0 Å². The lowest BCUT2D eigenvalue weighted by atomic mass is 9.93. The number of nitrogens with one attached hydrogen (secondary N) is 1. The first kappa shape index (κ1) is 15.6. The molecule has 0 saturated carbocycles. The molecule has 1 aliphatic rings. The molecule has 1 unspecified atom stereocenters. The Kier molecular flexibility index (Phi) is 4.73. The zero-order chi connectivity index (χ0) is 15.5. The highest BCUT2D eigenvalue weighted by Gasteiger charge is 2.30. The third kappa shape index (κ3) is 3.47. The van der Waals surface area contributed by atoms with E-state index >= 15 is 0 Å². The van der Waals surface area contributed by atoms with Crippen molar-refractivity contribution in [3.63, 3.8) is 0 Å². The van der Waals surface area contributed by atoms with Crippen molar-refractivity contribution in [3.05, 3.63) is 23.8 Å². The van der Waals surface area contributed by atoms with Crippen LogP contribution in [0.4, 0.5) is 0 Å². The van der Waals surface area contributed by atoms with Gasteiger partial charge in [0, 0.05) is 6.61 Å². The highest BCUT2D eigenvalue weighted by atomic mass is 16.5. The van der Waals surface area contributed by atoms with Crippen LogP contribution in [0.3, 0.4) is 0 Å². The first-order chi connectivity index (χ1) is 9.97. The molecule has 0 aliphatic carbocycles. The van der Waals surface area contributed by atoms with E-state index in [2.05, 4.69) is 5.32 Å². The average molecular weight is 293 g/mol. The van der Waals surface area contributed by atoms with Gasteiger partial charge in [-0.05, 0) is 44.4 Å². The van der Waals surface area contributed by atoms with Crippen molar-refractivity contribution in [1.29, 1.82) is 0 Å². The topological polar surface area (TPSA) is 56.8 Å². The van der Waals surface area contributed by atoms with Crippen LogP contribution in [0.2, 0.25) is 0 Å². The van der Waals surface area contributed by atoms with Crippen LogP contribution in [0.5, 0.6) is 11.5 Å². The minimum atomic E-state index is -0.511. The van der Waals surface area contributed by atoms with E-state index in [0.29, 0.717) is 18.1 Å². The number of carbonyl (C=O) groups is 1. The highest BCUT2D eigenvalue weighted by Crippen LogP contribution is 2.32. The molecule has 0 aromatic heterocycles. The van der Waals surface area contributed by atoms with Crippen molar-refractivity contribution in [2.75, 3.05) is 20.8 Å². The van der Waals surface area contributed by atoms with Gasteiger partial charge in [-0.2, -0.15) is 0 Å². The smallest absolute Gasteiger partial charge is 0.249 e. The minimum absolute atomic E-state index is 0.0627. The van der Waals surface area contributed by atoms with E-state index in [1.54, 1.807) is 14.2 Å². The Morgan fingerprint density at radius 1 is 1.29 bits per heavy atom. The Balaban J connectivity index is 2.16. The molecule has 0 bridgehead atoms. The maximum Gasteiger partial charge on any atom is 0.249 e. The van der Waals surface area contributed by atoms with Gasteiger partial charge < -0.3 is 19.5 Å². The summed E-state index contributed by atoms with van der Waals surface area (Å²) in [6.45, 7) is 4.58. The Morgan fingerprint density at radius 3 is 2.57 bits per heavy atom. The third-order valence-electron chi connectivity index (χ3n) is 3.76. The van der Waals surface area contributed by atoms with E-state index < -0.39 is 5.54 Å². The van der Waals surface area contributed by atoms with Crippen LogP contribution in [0.1, 0.15) is 32.3 Å². The van der Waals surface area contributed by atoms with Crippen LogP contribution in [0.25, 0.3) is 0 Å². The first-order valence-corrected chi connectivity index (χ1v) is 7.14. The van der Waals surface area contributed by atoms with Crippen molar-refractivity contribution in [2.24, 2.45) is 0 Å². The Bertz CT molecular complexity index is 507. The predicted molar refractivity (Wildman–Crippen MR) is 79.7 cm³/mol. The Hall–Kier alpha value is -1.75. The summed E-state index contributed by atoms with van der Waals surface area (Å²) in [4.78, 5) is 12.2. The second kappa shape index (κ2) is 6.35. The third-order valence-corrected chi connectivity index (χ3v) is 3.76. The molecule has 1 amide bonds. The van der Waals surface area contributed by atoms with Crippen molar-refractivity contribution in [2.45, 2.75) is 38.3 Å². The number of carbonyl (C=O) groups excluding carboxylic acids is 1. The lowest BCUT2D eigenvalue weighted by molar-refractivity contribution is -0.131. The standard InChI is InChI=1S/C16H23NO4/c1-16(2,17-15(18)13-6-5-9-21-13)11-7-8-12(19-3)14(10-11)20-4/h7-8,10,13H,5-6,9H2,1-4H3,(H,17,18). The molecule has 1 heterocycles. The number of benzene rings is 1. The van der Waals surface area contributed by atoms with Gasteiger partial charge in [0.05, 0.1) is 19.8 Å². The molecule has 1 fully saturated rings. The molecule has 116 valence electrons. The van der Waals surface area contributed by atoms with Crippen LogP contribution >= 0.6 is 0 Å². The molecular formula is C16H23NO4. The number of methoxy groups -OCH3 is 2. The molecule has 5 nitrogen and oxygen atoms in total. The maximum absolute atomic E-state index is 12.2. The number of hydrogen-bond donors (Lipinski definition) is 1. The predicted octanol–water partition coefficient (Wildman–Crippen LogP) is 2.23. The Morgan fingerprint density at radius 2 is 2.00 bits per heavy atom. The summed E-state index contributed by atoms with van der Waals surface area (Å²) in [5.41, 5.74) is 0.439. The quantitative estimate of drug-likeness (QED) is 0.904. The summed E-state index contributed by atoms with van der Waals surface area (Å²) < 4.78 is 16.0. The number of rotatable bonds is 5. The Labute approximate surface area is 125 Å². The second-order valence-corrected chi connectivity index (χ2v) is 5.69. The highest BCUT2D eigenvalue weighted by molar-refractivity contribution is 5.81. The van der Waals surface area contributed by atoms with Crippen molar-refractivity contribution < 1.29 is 19.0 Å². The second-order valence-electron chi connectivity index (χ2n) is 5.69. The van der Waals surface area contributed by atoms with E-state index in [0.717, 1.165) is 18.4 Å². The summed E-state index contributed by atoms with van der Waals surface area (Å²) in [7, 11) is 3.20. The summed E-state index contributed by atoms with van der Waals surface area (Å²) in [5.74, 6) is 1.25. The zero-order valence-electron chi connectivity index (χ0n) is 13.1. The number of hydrogen-bond acceptors (Lipinski definition) is 4. The van der Waals surface area contributed by atoms with Crippen LogP contribution in [-0.2, 0) is 15.1 Å². The van der Waals surface area contributed by atoms with Gasteiger partial charge in [-0.25, -0.2) is 0 Å². The van der Waals surface area contributed by atoms with Gasteiger partial charge in [-0.15, -0.1) is 0 Å². The molecule has 1 N–H and O–H groups in total. The van der Waals surface area contributed by atoms with E-state index in [9.17, 15) is 4.79 Å². The van der Waals surface area contributed by atoms with Crippen molar-refractivity contribution in [1.82, 2.24) is 5.32 Å². The van der Waals surface area contributed by atoms with E-state index in [4.69, 9.17) is 14.2 Å². The van der Waals surface area contributed by atoms with Gasteiger partial charge >= 0.3 is 0 Å². The van der Waals surface area contributed by atoms with Gasteiger partial charge in [0.15, 0.2) is 11.5 Å². The molecule has 0 radical (unpaired) electrons. The summed E-state index contributed by atoms with van der Waals surface area (Å²) in [5, 5.41) is 3.04. The van der Waals surface area contributed by atoms with Gasteiger partial charge in [0.25, 0.3) is 0 Å². The van der Waals surface area contributed by atoms with Gasteiger partial charge in [0.1, 0.15) is 6.10 Å². The summed E-state index contributed by atoms with van der Waals surface area (Å²) in [6, 6.07) is 5.65. The lowest BCUT2D eigenvalue weighted by Crippen LogP contribution is -2.45. The fourth-order valence-corrected chi connectivity index (χ4v) is 2.47. The molecule has 1 aromatic rings. The van der Waals surface area contributed by atoms with Gasteiger partial charge in [0.2, 0.25) is 5.91 Å². The molecule has 21 heavy (non-hydrogen) atoms. The summed E-state index contributed by atoms with van der Waals surface area (Å²) in [6.07, 6.45) is 1.40. The first-order valence-electron chi connectivity index (χ1n) is 7.14. The molecular weight excluding hydrogens is 270 g/mol. The van der Waals surface area contributed by atoms with Crippen molar-refractivity contribution >= 4 is 5.91 Å². The number of ether oxygens (including phenoxy) is 3.